The Morgan fingerprint density at radius 1 is 1.39 bits per heavy atom. The van der Waals surface area contributed by atoms with Gasteiger partial charge >= 0.3 is 0 Å². The molecule has 3 nitrogen and oxygen atoms in total. The molecule has 0 fully saturated rings. The molecular weight excluding hydrogens is 294 g/mol. The summed E-state index contributed by atoms with van der Waals surface area (Å²) in [5.74, 6) is 0.882. The normalized spacial score (nSPS) is 20.1. The monoisotopic (exact) mass is 311 g/mol. The second-order valence-electron chi connectivity index (χ2n) is 5.70. The molecule has 0 radical (unpaired) electrons. The average molecular weight is 312 g/mol. The van der Waals surface area contributed by atoms with E-state index < -0.39 is 0 Å². The summed E-state index contributed by atoms with van der Waals surface area (Å²) in [6.45, 7) is 6.07. The van der Waals surface area contributed by atoms with Gasteiger partial charge in [0.25, 0.3) is 0 Å². The van der Waals surface area contributed by atoms with E-state index in [0.29, 0.717) is 4.67 Å². The molecule has 1 heterocycles. The van der Waals surface area contributed by atoms with Crippen molar-refractivity contribution in [2.75, 3.05) is 14.1 Å². The maximum Gasteiger partial charge on any atom is 0.194 e. The number of fused-ring (bicyclic) bond motifs is 1. The standard InChI is InChI=1S/C14H18BrNO2/c1-8-11-10(18-13(8)15)6-14(2,3)9(12(11)17)7-16(4)5/h7H,6H2,1-5H3. The third kappa shape index (κ3) is 2.03. The topological polar surface area (TPSA) is 33.5 Å². The van der Waals surface area contributed by atoms with Crippen molar-refractivity contribution in [3.8, 4) is 0 Å². The van der Waals surface area contributed by atoms with E-state index in [4.69, 9.17) is 4.42 Å². The van der Waals surface area contributed by atoms with Crippen molar-refractivity contribution in [1.82, 2.24) is 4.90 Å². The van der Waals surface area contributed by atoms with Crippen molar-refractivity contribution in [3.63, 3.8) is 0 Å². The van der Waals surface area contributed by atoms with Gasteiger partial charge in [-0.2, -0.15) is 0 Å². The molecule has 0 amide bonds. The second-order valence-corrected chi connectivity index (χ2v) is 6.42. The predicted molar refractivity (Wildman–Crippen MR) is 74.7 cm³/mol. The highest BCUT2D eigenvalue weighted by atomic mass is 79.9. The third-order valence-corrected chi connectivity index (χ3v) is 4.11. The minimum absolute atomic E-state index is 0.0851. The summed E-state index contributed by atoms with van der Waals surface area (Å²) < 4.78 is 6.32. The van der Waals surface area contributed by atoms with Gasteiger partial charge in [0.05, 0.1) is 5.56 Å². The highest BCUT2D eigenvalue weighted by molar-refractivity contribution is 9.10. The minimum Gasteiger partial charge on any atom is -0.453 e. The first-order valence-electron chi connectivity index (χ1n) is 5.95. The van der Waals surface area contributed by atoms with Crippen LogP contribution in [0.15, 0.2) is 20.9 Å². The summed E-state index contributed by atoms with van der Waals surface area (Å²) in [6.07, 6.45) is 2.67. The van der Waals surface area contributed by atoms with E-state index in [-0.39, 0.29) is 11.2 Å². The number of carbonyl (C=O) groups is 1. The number of hydrogen-bond acceptors (Lipinski definition) is 3. The van der Waals surface area contributed by atoms with Crippen molar-refractivity contribution in [1.29, 1.82) is 0 Å². The van der Waals surface area contributed by atoms with Crippen LogP contribution in [0.25, 0.3) is 0 Å². The van der Waals surface area contributed by atoms with E-state index >= 15 is 0 Å². The van der Waals surface area contributed by atoms with Gasteiger partial charge in [0.2, 0.25) is 0 Å². The Hall–Kier alpha value is -1.03. The van der Waals surface area contributed by atoms with Gasteiger partial charge in [0.15, 0.2) is 10.5 Å². The average Bonchev–Trinajstić information content (AvgIpc) is 2.48. The molecule has 1 aliphatic rings. The number of allylic oxidation sites excluding steroid dienone is 1. The van der Waals surface area contributed by atoms with Crippen LogP contribution in [0.5, 0.6) is 0 Å². The second kappa shape index (κ2) is 4.26. The highest BCUT2D eigenvalue weighted by Crippen LogP contribution is 2.43. The Bertz CT molecular complexity index is 538. The van der Waals surface area contributed by atoms with Crippen LogP contribution >= 0.6 is 15.9 Å². The van der Waals surface area contributed by atoms with Gasteiger partial charge in [-0.3, -0.25) is 4.79 Å². The van der Waals surface area contributed by atoms with Crippen LogP contribution in [0.2, 0.25) is 0 Å². The molecule has 1 aromatic rings. The SMILES string of the molecule is Cc1c(Br)oc2c1C(=O)C(=CN(C)C)C(C)(C)C2. The fraction of sp³-hybridized carbons (Fsp3) is 0.500. The lowest BCUT2D eigenvalue weighted by molar-refractivity contribution is 0.0986. The van der Waals surface area contributed by atoms with Gasteiger partial charge in [-0.15, -0.1) is 0 Å². The number of hydrogen-bond donors (Lipinski definition) is 0. The molecule has 0 aromatic carbocycles. The number of furan rings is 1. The lowest BCUT2D eigenvalue weighted by atomic mass is 9.72. The van der Waals surface area contributed by atoms with Crippen molar-refractivity contribution >= 4 is 21.7 Å². The van der Waals surface area contributed by atoms with Crippen LogP contribution in [-0.4, -0.2) is 24.8 Å². The molecule has 0 aliphatic heterocycles. The Balaban J connectivity index is 2.61. The lowest BCUT2D eigenvalue weighted by Crippen LogP contribution is -2.31. The molecule has 0 N–H and O–H groups in total. The van der Waals surface area contributed by atoms with Crippen molar-refractivity contribution < 1.29 is 9.21 Å². The van der Waals surface area contributed by atoms with Crippen LogP contribution in [0.3, 0.4) is 0 Å². The molecule has 18 heavy (non-hydrogen) atoms. The van der Waals surface area contributed by atoms with E-state index in [1.807, 2.05) is 32.1 Å². The molecule has 2 rings (SSSR count). The minimum atomic E-state index is -0.196. The molecule has 0 spiro atoms. The molecular formula is C14H18BrNO2. The van der Waals surface area contributed by atoms with Crippen LogP contribution in [0.1, 0.15) is 35.5 Å². The quantitative estimate of drug-likeness (QED) is 0.744. The molecule has 0 atom stereocenters. The molecule has 1 aliphatic carbocycles. The summed E-state index contributed by atoms with van der Waals surface area (Å²) in [4.78, 5) is 14.5. The number of ketones is 1. The van der Waals surface area contributed by atoms with Crippen molar-refractivity contribution in [2.24, 2.45) is 5.41 Å². The molecule has 0 unspecified atom stereocenters. The predicted octanol–water partition coefficient (Wildman–Crippen LogP) is 3.56. The highest BCUT2D eigenvalue weighted by Gasteiger charge is 2.40. The van der Waals surface area contributed by atoms with Gasteiger partial charge in [0.1, 0.15) is 5.76 Å². The largest absolute Gasteiger partial charge is 0.453 e. The van der Waals surface area contributed by atoms with Crippen LogP contribution in [0, 0.1) is 12.3 Å². The number of nitrogens with zero attached hydrogens (tertiary/aromatic N) is 1. The molecule has 98 valence electrons. The fourth-order valence-corrected chi connectivity index (χ4v) is 2.79. The van der Waals surface area contributed by atoms with E-state index in [0.717, 1.165) is 28.9 Å². The van der Waals surface area contributed by atoms with Gasteiger partial charge in [-0.05, 0) is 22.9 Å². The Morgan fingerprint density at radius 2 is 2.00 bits per heavy atom. The van der Waals surface area contributed by atoms with E-state index in [2.05, 4.69) is 29.8 Å². The zero-order valence-electron chi connectivity index (χ0n) is 11.4. The van der Waals surface area contributed by atoms with E-state index in [1.165, 1.54) is 0 Å². The fourth-order valence-electron chi connectivity index (χ4n) is 2.39. The summed E-state index contributed by atoms with van der Waals surface area (Å²) >= 11 is 3.36. The zero-order valence-corrected chi connectivity index (χ0v) is 13.0. The number of carbonyl (C=O) groups excluding carboxylic acids is 1. The summed E-state index contributed by atoms with van der Waals surface area (Å²) in [5, 5.41) is 0. The van der Waals surface area contributed by atoms with Crippen molar-refractivity contribution in [2.45, 2.75) is 27.2 Å². The van der Waals surface area contributed by atoms with Crippen LogP contribution in [-0.2, 0) is 6.42 Å². The molecule has 0 saturated carbocycles. The first-order chi connectivity index (χ1) is 8.24. The Morgan fingerprint density at radius 3 is 2.56 bits per heavy atom. The van der Waals surface area contributed by atoms with Gasteiger partial charge in [-0.1, -0.05) is 13.8 Å². The molecule has 1 aromatic heterocycles. The number of Topliss-reactive ketones (excluding diaryl/α,β-unsaturated/α-hetero) is 1. The van der Waals surface area contributed by atoms with Crippen LogP contribution < -0.4 is 0 Å². The van der Waals surface area contributed by atoms with E-state index in [1.54, 1.807) is 0 Å². The maximum atomic E-state index is 12.6. The lowest BCUT2D eigenvalue weighted by Gasteiger charge is -2.31. The maximum absolute atomic E-state index is 12.6. The van der Waals surface area contributed by atoms with Gasteiger partial charge in [-0.25, -0.2) is 0 Å². The van der Waals surface area contributed by atoms with Crippen LogP contribution in [0.4, 0.5) is 0 Å². The smallest absolute Gasteiger partial charge is 0.194 e. The zero-order chi connectivity index (χ0) is 13.7. The summed E-state index contributed by atoms with van der Waals surface area (Å²) in [6, 6.07) is 0. The molecule has 4 heteroatoms. The Kier molecular flexibility index (Phi) is 3.18. The van der Waals surface area contributed by atoms with E-state index in [9.17, 15) is 4.79 Å². The molecule has 0 saturated heterocycles. The first kappa shape index (κ1) is 13.4. The van der Waals surface area contributed by atoms with Gasteiger partial charge in [0, 0.05) is 43.3 Å². The summed E-state index contributed by atoms with van der Waals surface area (Å²) in [7, 11) is 3.87. The number of rotatable bonds is 1. The number of halogens is 1. The Labute approximate surface area is 116 Å². The summed E-state index contributed by atoms with van der Waals surface area (Å²) in [5.41, 5.74) is 2.28. The van der Waals surface area contributed by atoms with Crippen molar-refractivity contribution in [3.05, 3.63) is 33.3 Å². The first-order valence-corrected chi connectivity index (χ1v) is 6.74. The molecule has 0 bridgehead atoms. The van der Waals surface area contributed by atoms with Gasteiger partial charge < -0.3 is 9.32 Å². The third-order valence-electron chi connectivity index (χ3n) is 3.35.